The summed E-state index contributed by atoms with van der Waals surface area (Å²) in [5.74, 6) is 1.08. The number of benzene rings is 4. The Labute approximate surface area is 329 Å². The highest BCUT2D eigenvalue weighted by atomic mass is 32.2. The zero-order chi connectivity index (χ0) is 38.0. The molecule has 0 saturated heterocycles. The summed E-state index contributed by atoms with van der Waals surface area (Å²) in [6.45, 7) is 26.4. The first-order valence-corrected chi connectivity index (χ1v) is 21.5. The minimum atomic E-state index is -0.250. The standard InChI is InChI=1S/C49H57BN2OS/c1-30-25-38-41-39(26-30)52(33-19-17-31(18-20-33)44(2,3)4)43-42(47(9)22-13-23-48(47,10)53-43)50(41)36-29-40-35(46(8)21-14-24-49(46,11)54-40)28-37(36)51(38)34-16-12-15-32(27-34)45(5,6)7/h12,15-20,25-29H,13-14,21-24H2,1-11H3. The smallest absolute Gasteiger partial charge is 0.252 e. The second-order valence-corrected chi connectivity index (χ2v) is 22.1. The molecule has 2 aliphatic carbocycles. The van der Waals surface area contributed by atoms with Crippen LogP contribution in [0.4, 0.5) is 28.4 Å². The summed E-state index contributed by atoms with van der Waals surface area (Å²) >= 11 is 2.17. The van der Waals surface area contributed by atoms with Crippen LogP contribution in [0.15, 0.2) is 89.0 Å². The fourth-order valence-corrected chi connectivity index (χ4v) is 13.3. The lowest BCUT2D eigenvalue weighted by Gasteiger charge is -2.45. The highest BCUT2D eigenvalue weighted by Crippen LogP contribution is 2.66. The maximum absolute atomic E-state index is 7.49. The minimum absolute atomic E-state index is 0.0370. The molecule has 2 fully saturated rings. The normalized spacial score (nSPS) is 29.1. The van der Waals surface area contributed by atoms with Crippen LogP contribution in [0.5, 0.6) is 0 Å². The molecule has 4 aromatic rings. The topological polar surface area (TPSA) is 15.7 Å². The summed E-state index contributed by atoms with van der Waals surface area (Å²) < 4.78 is 7.72. The molecule has 54 heavy (non-hydrogen) atoms. The summed E-state index contributed by atoms with van der Waals surface area (Å²) in [4.78, 5) is 6.67. The summed E-state index contributed by atoms with van der Waals surface area (Å²) in [5.41, 5.74) is 16.2. The first-order valence-electron chi connectivity index (χ1n) is 20.6. The number of fused-ring (bicyclic) bond motifs is 8. The van der Waals surface area contributed by atoms with E-state index in [9.17, 15) is 0 Å². The molecule has 10 rings (SSSR count). The van der Waals surface area contributed by atoms with Crippen LogP contribution in [0.1, 0.15) is 130 Å². The van der Waals surface area contributed by atoms with E-state index >= 15 is 0 Å². The Balaban J connectivity index is 1.30. The van der Waals surface area contributed by atoms with Gasteiger partial charge in [-0.1, -0.05) is 92.1 Å². The average Bonchev–Trinajstić information content (AvgIpc) is 3.71. The molecule has 0 aromatic heterocycles. The van der Waals surface area contributed by atoms with E-state index in [2.05, 4.69) is 171 Å². The van der Waals surface area contributed by atoms with Crippen LogP contribution in [0.2, 0.25) is 0 Å². The van der Waals surface area contributed by atoms with E-state index in [1.165, 1.54) is 92.1 Å². The Morgan fingerprint density at radius 2 is 1.33 bits per heavy atom. The lowest BCUT2D eigenvalue weighted by molar-refractivity contribution is -0.0108. The van der Waals surface area contributed by atoms with Crippen molar-refractivity contribution in [2.75, 3.05) is 9.80 Å². The van der Waals surface area contributed by atoms with Crippen molar-refractivity contribution in [3.05, 3.63) is 106 Å². The number of anilines is 5. The van der Waals surface area contributed by atoms with E-state index < -0.39 is 0 Å². The number of hydrogen-bond donors (Lipinski definition) is 0. The van der Waals surface area contributed by atoms with Gasteiger partial charge in [-0.3, -0.25) is 4.90 Å². The molecule has 278 valence electrons. The van der Waals surface area contributed by atoms with Crippen LogP contribution in [0, 0.1) is 12.3 Å². The fraction of sp³-hybridized carbons (Fsp3) is 0.469. The van der Waals surface area contributed by atoms with Gasteiger partial charge in [0.05, 0.1) is 0 Å². The van der Waals surface area contributed by atoms with Crippen LogP contribution in [0.3, 0.4) is 0 Å². The quantitative estimate of drug-likeness (QED) is 0.191. The lowest BCUT2D eigenvalue weighted by atomic mass is 9.29. The molecule has 4 atom stereocenters. The van der Waals surface area contributed by atoms with Gasteiger partial charge >= 0.3 is 0 Å². The van der Waals surface area contributed by atoms with Crippen molar-refractivity contribution in [2.45, 2.75) is 146 Å². The van der Waals surface area contributed by atoms with E-state index in [1.54, 1.807) is 5.56 Å². The molecule has 6 aliphatic rings. The first-order chi connectivity index (χ1) is 25.4. The van der Waals surface area contributed by atoms with Crippen molar-refractivity contribution in [3.63, 3.8) is 0 Å². The van der Waals surface area contributed by atoms with Gasteiger partial charge in [-0.15, -0.1) is 11.8 Å². The predicted octanol–water partition coefficient (Wildman–Crippen LogP) is 12.2. The third-order valence-corrected chi connectivity index (χ3v) is 16.9. The van der Waals surface area contributed by atoms with Gasteiger partial charge in [0.2, 0.25) is 0 Å². The monoisotopic (exact) mass is 732 g/mol. The number of thioether (sulfide) groups is 1. The van der Waals surface area contributed by atoms with Crippen molar-refractivity contribution in [1.82, 2.24) is 0 Å². The Morgan fingerprint density at radius 3 is 2.04 bits per heavy atom. The molecule has 3 nitrogen and oxygen atoms in total. The van der Waals surface area contributed by atoms with E-state index in [0.717, 1.165) is 18.7 Å². The molecule has 0 bridgehead atoms. The highest BCUT2D eigenvalue weighted by molar-refractivity contribution is 8.01. The summed E-state index contributed by atoms with van der Waals surface area (Å²) in [6.07, 6.45) is 7.26. The molecular formula is C49H57BN2OS. The van der Waals surface area contributed by atoms with Gasteiger partial charge in [-0.2, -0.15) is 0 Å². The van der Waals surface area contributed by atoms with Crippen LogP contribution in [0.25, 0.3) is 0 Å². The predicted molar refractivity (Wildman–Crippen MR) is 231 cm³/mol. The molecule has 4 unspecified atom stereocenters. The second-order valence-electron chi connectivity index (χ2n) is 20.6. The minimum Gasteiger partial charge on any atom is -0.472 e. The van der Waals surface area contributed by atoms with Gasteiger partial charge < -0.3 is 9.64 Å². The van der Waals surface area contributed by atoms with E-state index in [1.807, 2.05) is 0 Å². The first kappa shape index (κ1) is 34.9. The molecule has 0 amide bonds. The molecule has 4 aromatic carbocycles. The van der Waals surface area contributed by atoms with Gasteiger partial charge in [-0.25, -0.2) is 0 Å². The highest BCUT2D eigenvalue weighted by Gasteiger charge is 2.65. The zero-order valence-corrected chi connectivity index (χ0v) is 35.3. The zero-order valence-electron chi connectivity index (χ0n) is 34.5. The number of aryl methyl sites for hydroxylation is 1. The fourth-order valence-electron chi connectivity index (χ4n) is 11.6. The Bertz CT molecular complexity index is 2310. The third kappa shape index (κ3) is 4.45. The van der Waals surface area contributed by atoms with Gasteiger partial charge in [0.25, 0.3) is 6.71 Å². The second kappa shape index (κ2) is 10.8. The summed E-state index contributed by atoms with van der Waals surface area (Å²) in [7, 11) is 0. The third-order valence-electron chi connectivity index (χ3n) is 15.3. The van der Waals surface area contributed by atoms with Gasteiger partial charge in [0, 0.05) is 48.9 Å². The van der Waals surface area contributed by atoms with E-state index in [0.29, 0.717) is 0 Å². The molecule has 4 aliphatic heterocycles. The number of hydrogen-bond acceptors (Lipinski definition) is 4. The van der Waals surface area contributed by atoms with Crippen LogP contribution >= 0.6 is 11.8 Å². The molecule has 0 spiro atoms. The largest absolute Gasteiger partial charge is 0.472 e. The van der Waals surface area contributed by atoms with Crippen LogP contribution < -0.4 is 20.7 Å². The molecule has 5 heteroatoms. The maximum atomic E-state index is 7.49. The summed E-state index contributed by atoms with van der Waals surface area (Å²) in [5, 5.41) is 0. The molecule has 4 heterocycles. The van der Waals surface area contributed by atoms with Crippen molar-refractivity contribution < 1.29 is 4.74 Å². The van der Waals surface area contributed by atoms with Crippen molar-refractivity contribution in [3.8, 4) is 0 Å². The van der Waals surface area contributed by atoms with E-state index in [4.69, 9.17) is 4.74 Å². The van der Waals surface area contributed by atoms with Crippen molar-refractivity contribution in [1.29, 1.82) is 0 Å². The molecule has 0 radical (unpaired) electrons. The summed E-state index contributed by atoms with van der Waals surface area (Å²) in [6, 6.07) is 29.0. The van der Waals surface area contributed by atoms with Gasteiger partial charge in [-0.05, 0) is 145 Å². The number of ether oxygens (including phenoxy) is 1. The Morgan fingerprint density at radius 1 is 0.667 bits per heavy atom. The number of nitrogens with zero attached hydrogens (tertiary/aromatic N) is 2. The van der Waals surface area contributed by atoms with Crippen molar-refractivity contribution >= 4 is 57.8 Å². The SMILES string of the molecule is Cc1cc2c3c(c1)N(c1cccc(C(C)(C)C)c1)c1cc4c(cc1B3C1=C(OC3(C)CCCC13C)N2c1ccc(C(C)(C)C)cc1)SC1(C)CCCC41C. The van der Waals surface area contributed by atoms with Crippen LogP contribution in [-0.2, 0) is 21.0 Å². The molecule has 0 N–H and O–H groups in total. The average molecular weight is 733 g/mol. The van der Waals surface area contributed by atoms with Crippen molar-refractivity contribution in [2.24, 2.45) is 5.41 Å². The number of rotatable bonds is 2. The lowest BCUT2D eigenvalue weighted by Crippen LogP contribution is -2.58. The Hall–Kier alpha value is -3.57. The van der Waals surface area contributed by atoms with E-state index in [-0.39, 0.29) is 38.7 Å². The van der Waals surface area contributed by atoms with Gasteiger partial charge in [0.1, 0.15) is 5.60 Å². The Kier molecular flexibility index (Phi) is 7.00. The maximum Gasteiger partial charge on any atom is 0.252 e. The van der Waals surface area contributed by atoms with Gasteiger partial charge in [0.15, 0.2) is 5.88 Å². The van der Waals surface area contributed by atoms with Crippen LogP contribution in [-0.4, -0.2) is 17.1 Å². The molecule has 2 saturated carbocycles. The molecular weight excluding hydrogens is 675 g/mol.